The largest absolute Gasteiger partial charge is 0.344 e. The second-order valence-electron chi connectivity index (χ2n) is 6.81. The number of nitrogens with one attached hydrogen (secondary N) is 1. The molecule has 27 heavy (non-hydrogen) atoms. The van der Waals surface area contributed by atoms with Gasteiger partial charge in [0.25, 0.3) is 5.91 Å². The van der Waals surface area contributed by atoms with Gasteiger partial charge >= 0.3 is 0 Å². The van der Waals surface area contributed by atoms with Gasteiger partial charge in [-0.2, -0.15) is 10.2 Å². The SMILES string of the molecule is CCn1nc(C(C)C)cc1C(=O)N[C@H](CCn1cncn1)c1ccccc1. The van der Waals surface area contributed by atoms with E-state index in [-0.39, 0.29) is 17.9 Å². The summed E-state index contributed by atoms with van der Waals surface area (Å²) in [5.41, 5.74) is 2.60. The Morgan fingerprint density at radius 1 is 1.22 bits per heavy atom. The molecule has 1 aromatic carbocycles. The molecule has 0 saturated heterocycles. The van der Waals surface area contributed by atoms with Crippen LogP contribution < -0.4 is 5.32 Å². The van der Waals surface area contributed by atoms with E-state index in [0.717, 1.165) is 17.7 Å². The van der Waals surface area contributed by atoms with Crippen molar-refractivity contribution in [1.82, 2.24) is 29.9 Å². The highest BCUT2D eigenvalue weighted by Crippen LogP contribution is 2.20. The molecular formula is C20H26N6O. The van der Waals surface area contributed by atoms with Gasteiger partial charge in [-0.1, -0.05) is 44.2 Å². The number of hydrogen-bond donors (Lipinski definition) is 1. The Balaban J connectivity index is 1.79. The molecule has 142 valence electrons. The topological polar surface area (TPSA) is 77.6 Å². The van der Waals surface area contributed by atoms with Gasteiger partial charge in [-0.3, -0.25) is 14.2 Å². The van der Waals surface area contributed by atoms with Gasteiger partial charge in [-0.25, -0.2) is 4.98 Å². The van der Waals surface area contributed by atoms with Crippen molar-refractivity contribution in [2.45, 2.75) is 52.2 Å². The summed E-state index contributed by atoms with van der Waals surface area (Å²) in [5.74, 6) is 0.172. The van der Waals surface area contributed by atoms with Gasteiger partial charge in [-0.15, -0.1) is 0 Å². The van der Waals surface area contributed by atoms with E-state index in [1.54, 1.807) is 15.7 Å². The van der Waals surface area contributed by atoms with Crippen molar-refractivity contribution in [2.75, 3.05) is 0 Å². The fourth-order valence-corrected chi connectivity index (χ4v) is 2.99. The molecule has 3 rings (SSSR count). The predicted octanol–water partition coefficient (Wildman–Crippen LogP) is 3.18. The normalized spacial score (nSPS) is 12.3. The van der Waals surface area contributed by atoms with Crippen molar-refractivity contribution < 1.29 is 4.79 Å². The molecule has 0 fully saturated rings. The number of benzene rings is 1. The standard InChI is InChI=1S/C20H26N6O/c1-4-26-19(12-18(24-26)15(2)3)20(27)23-17(16-8-6-5-7-9-16)10-11-25-14-21-13-22-25/h5-9,12-15,17H,4,10-11H2,1-3H3,(H,23,27)/t17-/m1/s1. The Hall–Kier alpha value is -2.96. The number of hydrogen-bond acceptors (Lipinski definition) is 4. The third-order valence-electron chi connectivity index (χ3n) is 4.54. The third-order valence-corrected chi connectivity index (χ3v) is 4.54. The lowest BCUT2D eigenvalue weighted by molar-refractivity contribution is 0.0922. The summed E-state index contributed by atoms with van der Waals surface area (Å²) in [5, 5.41) is 11.9. The van der Waals surface area contributed by atoms with Crippen LogP contribution in [0.15, 0.2) is 49.1 Å². The maximum absolute atomic E-state index is 13.0. The number of amides is 1. The average Bonchev–Trinajstić information content (AvgIpc) is 3.35. The van der Waals surface area contributed by atoms with E-state index in [9.17, 15) is 4.79 Å². The molecule has 1 amide bonds. The lowest BCUT2D eigenvalue weighted by Crippen LogP contribution is -2.31. The molecule has 7 nitrogen and oxygen atoms in total. The monoisotopic (exact) mass is 366 g/mol. The van der Waals surface area contributed by atoms with Crippen LogP contribution in [0, 0.1) is 0 Å². The third kappa shape index (κ3) is 4.61. The van der Waals surface area contributed by atoms with E-state index >= 15 is 0 Å². The Morgan fingerprint density at radius 2 is 2.00 bits per heavy atom. The van der Waals surface area contributed by atoms with Gasteiger partial charge in [0.15, 0.2) is 0 Å². The Morgan fingerprint density at radius 3 is 2.63 bits per heavy atom. The van der Waals surface area contributed by atoms with Crippen LogP contribution in [0.25, 0.3) is 0 Å². The number of nitrogens with zero attached hydrogens (tertiary/aromatic N) is 5. The van der Waals surface area contributed by atoms with E-state index in [1.165, 1.54) is 6.33 Å². The van der Waals surface area contributed by atoms with Crippen LogP contribution in [0.4, 0.5) is 0 Å². The molecule has 0 aliphatic carbocycles. The summed E-state index contributed by atoms with van der Waals surface area (Å²) < 4.78 is 3.54. The average molecular weight is 366 g/mol. The highest BCUT2D eigenvalue weighted by molar-refractivity contribution is 5.93. The molecule has 1 N–H and O–H groups in total. The highest BCUT2D eigenvalue weighted by atomic mass is 16.2. The molecule has 0 bridgehead atoms. The van der Waals surface area contributed by atoms with Crippen molar-refractivity contribution >= 4 is 5.91 Å². The minimum Gasteiger partial charge on any atom is -0.344 e. The summed E-state index contributed by atoms with van der Waals surface area (Å²) in [6.45, 7) is 7.48. The lowest BCUT2D eigenvalue weighted by atomic mass is 10.0. The van der Waals surface area contributed by atoms with Crippen molar-refractivity contribution in [2.24, 2.45) is 0 Å². The van der Waals surface area contributed by atoms with E-state index < -0.39 is 0 Å². The highest BCUT2D eigenvalue weighted by Gasteiger charge is 2.20. The molecule has 0 saturated carbocycles. The fraction of sp³-hybridized carbons (Fsp3) is 0.400. The predicted molar refractivity (Wildman–Crippen MR) is 103 cm³/mol. The van der Waals surface area contributed by atoms with Crippen LogP contribution in [-0.2, 0) is 13.1 Å². The van der Waals surface area contributed by atoms with Crippen LogP contribution in [0.2, 0.25) is 0 Å². The molecule has 0 radical (unpaired) electrons. The number of carbonyl (C=O) groups excluding carboxylic acids is 1. The summed E-state index contributed by atoms with van der Waals surface area (Å²) in [6.07, 6.45) is 3.92. The molecule has 0 aliphatic heterocycles. The van der Waals surface area contributed by atoms with Gasteiger partial charge < -0.3 is 5.32 Å². The molecule has 3 aromatic rings. The molecule has 7 heteroatoms. The number of aromatic nitrogens is 5. The van der Waals surface area contributed by atoms with Gasteiger partial charge in [-0.05, 0) is 30.9 Å². The van der Waals surface area contributed by atoms with E-state index in [4.69, 9.17) is 0 Å². The van der Waals surface area contributed by atoms with Gasteiger partial charge in [0.05, 0.1) is 11.7 Å². The van der Waals surface area contributed by atoms with Crippen LogP contribution in [0.5, 0.6) is 0 Å². The van der Waals surface area contributed by atoms with E-state index in [1.807, 2.05) is 43.3 Å². The van der Waals surface area contributed by atoms with Crippen LogP contribution >= 0.6 is 0 Å². The zero-order valence-corrected chi connectivity index (χ0v) is 16.0. The second kappa shape index (κ2) is 8.62. The smallest absolute Gasteiger partial charge is 0.270 e. The van der Waals surface area contributed by atoms with Crippen molar-refractivity contribution in [1.29, 1.82) is 0 Å². The first-order valence-corrected chi connectivity index (χ1v) is 9.34. The number of carbonyl (C=O) groups is 1. The first-order chi connectivity index (χ1) is 13.1. The molecule has 0 unspecified atom stereocenters. The summed E-state index contributed by atoms with van der Waals surface area (Å²) in [7, 11) is 0. The lowest BCUT2D eigenvalue weighted by Gasteiger charge is -2.19. The first kappa shape index (κ1) is 18.8. The molecule has 0 spiro atoms. The summed E-state index contributed by atoms with van der Waals surface area (Å²) in [4.78, 5) is 17.0. The summed E-state index contributed by atoms with van der Waals surface area (Å²) >= 11 is 0. The molecular weight excluding hydrogens is 340 g/mol. The Bertz CT molecular complexity index is 854. The maximum atomic E-state index is 13.0. The van der Waals surface area contributed by atoms with Gasteiger partial charge in [0.2, 0.25) is 0 Å². The maximum Gasteiger partial charge on any atom is 0.270 e. The van der Waals surface area contributed by atoms with Crippen LogP contribution in [0.3, 0.4) is 0 Å². The zero-order chi connectivity index (χ0) is 19.2. The molecule has 1 atom stereocenters. The van der Waals surface area contributed by atoms with Crippen LogP contribution in [0.1, 0.15) is 60.9 Å². The number of aryl methyl sites for hydroxylation is 2. The van der Waals surface area contributed by atoms with Crippen LogP contribution in [-0.4, -0.2) is 30.5 Å². The van der Waals surface area contributed by atoms with Gasteiger partial charge in [0.1, 0.15) is 18.3 Å². The minimum atomic E-state index is -0.120. The quantitative estimate of drug-likeness (QED) is 0.664. The van der Waals surface area contributed by atoms with Crippen molar-refractivity contribution in [3.63, 3.8) is 0 Å². The van der Waals surface area contributed by atoms with Crippen molar-refractivity contribution in [3.05, 3.63) is 66.0 Å². The molecule has 0 aliphatic rings. The van der Waals surface area contributed by atoms with Gasteiger partial charge in [0, 0.05) is 13.1 Å². The van der Waals surface area contributed by atoms with Crippen molar-refractivity contribution in [3.8, 4) is 0 Å². The van der Waals surface area contributed by atoms with E-state index in [0.29, 0.717) is 18.8 Å². The zero-order valence-electron chi connectivity index (χ0n) is 16.0. The molecule has 2 aromatic heterocycles. The first-order valence-electron chi connectivity index (χ1n) is 9.34. The Kier molecular flexibility index (Phi) is 6.01. The second-order valence-corrected chi connectivity index (χ2v) is 6.81. The summed E-state index contributed by atoms with van der Waals surface area (Å²) in [6, 6.07) is 11.8. The van der Waals surface area contributed by atoms with E-state index in [2.05, 4.69) is 34.3 Å². The number of rotatable bonds is 8. The minimum absolute atomic E-state index is 0.108. The Labute approximate surface area is 159 Å². The fourth-order valence-electron chi connectivity index (χ4n) is 2.99. The molecule has 2 heterocycles.